The fourth-order valence-corrected chi connectivity index (χ4v) is 3.24. The van der Waals surface area contributed by atoms with Crippen LogP contribution in [0.1, 0.15) is 24.8 Å². The first-order chi connectivity index (χ1) is 10.3. The van der Waals surface area contributed by atoms with Gasteiger partial charge in [-0.15, -0.1) is 0 Å². The van der Waals surface area contributed by atoms with E-state index in [0.717, 1.165) is 48.8 Å². The number of piperidine rings is 1. The van der Waals surface area contributed by atoms with Crippen molar-refractivity contribution in [2.24, 2.45) is 5.92 Å². The molecule has 1 saturated heterocycles. The van der Waals surface area contributed by atoms with E-state index >= 15 is 0 Å². The fraction of sp³-hybridized carbons (Fsp3) is 0.625. The van der Waals surface area contributed by atoms with E-state index in [0.29, 0.717) is 19.1 Å². The molecule has 1 fully saturated rings. The van der Waals surface area contributed by atoms with E-state index in [1.54, 1.807) is 0 Å². The van der Waals surface area contributed by atoms with Crippen LogP contribution in [0.15, 0.2) is 12.1 Å². The molecule has 1 atom stereocenters. The maximum Gasteiger partial charge on any atom is 0.163 e. The summed E-state index contributed by atoms with van der Waals surface area (Å²) >= 11 is 0. The summed E-state index contributed by atoms with van der Waals surface area (Å²) in [6.07, 6.45) is 3.30. The summed E-state index contributed by atoms with van der Waals surface area (Å²) < 4.78 is 11.2. The Morgan fingerprint density at radius 1 is 1.24 bits per heavy atom. The second-order valence-electron chi connectivity index (χ2n) is 5.95. The molecule has 116 valence electrons. The van der Waals surface area contributed by atoms with Gasteiger partial charge in [0.15, 0.2) is 11.5 Å². The van der Waals surface area contributed by atoms with Crippen LogP contribution in [0.25, 0.3) is 0 Å². The third kappa shape index (κ3) is 3.41. The monoisotopic (exact) mass is 292 g/mol. The van der Waals surface area contributed by atoms with Gasteiger partial charge in [0.2, 0.25) is 0 Å². The number of fused-ring (bicyclic) bond motifs is 1. The van der Waals surface area contributed by atoms with Crippen LogP contribution in [-0.4, -0.2) is 42.9 Å². The van der Waals surface area contributed by atoms with Crippen LogP contribution in [0.2, 0.25) is 0 Å². The number of anilines is 1. The summed E-state index contributed by atoms with van der Waals surface area (Å²) in [5.41, 5.74) is 8.02. The number of benzene rings is 1. The summed E-state index contributed by atoms with van der Waals surface area (Å²) in [5.74, 6) is 2.15. The maximum absolute atomic E-state index is 9.10. The Morgan fingerprint density at radius 3 is 2.76 bits per heavy atom. The summed E-state index contributed by atoms with van der Waals surface area (Å²) in [5, 5.41) is 9.10. The van der Waals surface area contributed by atoms with Gasteiger partial charge in [-0.1, -0.05) is 0 Å². The fourth-order valence-electron chi connectivity index (χ4n) is 3.24. The van der Waals surface area contributed by atoms with Crippen molar-refractivity contribution in [1.29, 1.82) is 0 Å². The molecule has 0 aliphatic carbocycles. The molecule has 0 saturated carbocycles. The SMILES string of the molecule is Nc1cc2c(cc1CN1CCCC(CCO)C1)OCCO2. The van der Waals surface area contributed by atoms with E-state index < -0.39 is 0 Å². The van der Waals surface area contributed by atoms with Crippen LogP contribution in [0, 0.1) is 5.92 Å². The molecule has 2 heterocycles. The van der Waals surface area contributed by atoms with Gasteiger partial charge in [0.1, 0.15) is 13.2 Å². The minimum absolute atomic E-state index is 0.282. The number of nitrogens with zero attached hydrogens (tertiary/aromatic N) is 1. The lowest BCUT2D eigenvalue weighted by atomic mass is 9.94. The molecule has 5 heteroatoms. The number of hydrogen-bond donors (Lipinski definition) is 2. The second-order valence-corrected chi connectivity index (χ2v) is 5.95. The first-order valence-corrected chi connectivity index (χ1v) is 7.77. The molecule has 21 heavy (non-hydrogen) atoms. The van der Waals surface area contributed by atoms with E-state index in [1.165, 1.54) is 12.8 Å². The van der Waals surface area contributed by atoms with Crippen LogP contribution in [-0.2, 0) is 6.54 Å². The number of nitrogens with two attached hydrogens (primary N) is 1. The Hall–Kier alpha value is -1.46. The normalized spacial score (nSPS) is 22.2. The zero-order valence-corrected chi connectivity index (χ0v) is 12.4. The number of nitrogen functional groups attached to an aromatic ring is 1. The highest BCUT2D eigenvalue weighted by Gasteiger charge is 2.21. The minimum atomic E-state index is 0.282. The van der Waals surface area contributed by atoms with Crippen LogP contribution in [0.3, 0.4) is 0 Å². The highest BCUT2D eigenvalue weighted by molar-refractivity contribution is 5.58. The molecule has 0 bridgehead atoms. The van der Waals surface area contributed by atoms with Crippen molar-refractivity contribution in [3.05, 3.63) is 17.7 Å². The molecule has 0 amide bonds. The van der Waals surface area contributed by atoms with E-state index in [-0.39, 0.29) is 6.61 Å². The molecular formula is C16H24N2O3. The van der Waals surface area contributed by atoms with Crippen LogP contribution in [0.4, 0.5) is 5.69 Å². The largest absolute Gasteiger partial charge is 0.486 e. The van der Waals surface area contributed by atoms with Gasteiger partial charge in [0.05, 0.1) is 0 Å². The molecule has 1 aromatic rings. The Bertz CT molecular complexity index is 491. The predicted octanol–water partition coefficient (Wildman–Crippen LogP) is 1.63. The van der Waals surface area contributed by atoms with E-state index in [2.05, 4.69) is 4.90 Å². The third-order valence-corrected chi connectivity index (χ3v) is 4.34. The molecule has 2 aliphatic rings. The zero-order valence-electron chi connectivity index (χ0n) is 12.4. The lowest BCUT2D eigenvalue weighted by molar-refractivity contribution is 0.142. The van der Waals surface area contributed by atoms with Crippen LogP contribution < -0.4 is 15.2 Å². The average Bonchev–Trinajstić information content (AvgIpc) is 2.49. The van der Waals surface area contributed by atoms with Gasteiger partial charge in [0, 0.05) is 31.5 Å². The molecule has 5 nitrogen and oxygen atoms in total. The molecular weight excluding hydrogens is 268 g/mol. The van der Waals surface area contributed by atoms with E-state index in [9.17, 15) is 0 Å². The van der Waals surface area contributed by atoms with Crippen molar-refractivity contribution in [2.75, 3.05) is 38.6 Å². The minimum Gasteiger partial charge on any atom is -0.486 e. The van der Waals surface area contributed by atoms with Crippen LogP contribution in [0.5, 0.6) is 11.5 Å². The average molecular weight is 292 g/mol. The molecule has 1 aromatic carbocycles. The summed E-state index contributed by atoms with van der Waals surface area (Å²) in [7, 11) is 0. The maximum atomic E-state index is 9.10. The Kier molecular flexibility index (Phi) is 4.51. The van der Waals surface area contributed by atoms with Gasteiger partial charge >= 0.3 is 0 Å². The molecule has 2 aliphatic heterocycles. The van der Waals surface area contributed by atoms with Gasteiger partial charge < -0.3 is 20.3 Å². The van der Waals surface area contributed by atoms with E-state index in [4.69, 9.17) is 20.3 Å². The highest BCUT2D eigenvalue weighted by atomic mass is 16.6. The van der Waals surface area contributed by atoms with Crippen molar-refractivity contribution in [2.45, 2.75) is 25.8 Å². The smallest absolute Gasteiger partial charge is 0.163 e. The molecule has 3 N–H and O–H groups in total. The lowest BCUT2D eigenvalue weighted by Crippen LogP contribution is -2.35. The number of aliphatic hydroxyl groups is 1. The van der Waals surface area contributed by atoms with Gasteiger partial charge in [-0.3, -0.25) is 4.90 Å². The van der Waals surface area contributed by atoms with Crippen molar-refractivity contribution in [3.63, 3.8) is 0 Å². The Labute approximate surface area is 125 Å². The van der Waals surface area contributed by atoms with Gasteiger partial charge in [0.25, 0.3) is 0 Å². The zero-order chi connectivity index (χ0) is 14.7. The first kappa shape index (κ1) is 14.5. The summed E-state index contributed by atoms with van der Waals surface area (Å²) in [6, 6.07) is 3.89. The predicted molar refractivity (Wildman–Crippen MR) is 81.5 cm³/mol. The number of ether oxygens (including phenoxy) is 2. The summed E-state index contributed by atoms with van der Waals surface area (Å²) in [4.78, 5) is 2.42. The Balaban J connectivity index is 1.69. The highest BCUT2D eigenvalue weighted by Crippen LogP contribution is 2.35. The van der Waals surface area contributed by atoms with Gasteiger partial charge in [-0.05, 0) is 43.4 Å². The molecule has 3 rings (SSSR count). The van der Waals surface area contributed by atoms with Crippen molar-refractivity contribution >= 4 is 5.69 Å². The Morgan fingerprint density at radius 2 is 2.00 bits per heavy atom. The number of hydrogen-bond acceptors (Lipinski definition) is 5. The molecule has 0 spiro atoms. The summed E-state index contributed by atoms with van der Waals surface area (Å²) in [6.45, 7) is 4.43. The lowest BCUT2D eigenvalue weighted by Gasteiger charge is -2.33. The standard InChI is InChI=1S/C16H24N2O3/c17-14-9-16-15(20-6-7-21-16)8-13(14)11-18-4-1-2-12(10-18)3-5-19/h8-9,12,19H,1-7,10-11,17H2. The number of aliphatic hydroxyl groups excluding tert-OH is 1. The third-order valence-electron chi connectivity index (χ3n) is 4.34. The van der Waals surface area contributed by atoms with Gasteiger partial charge in [-0.25, -0.2) is 0 Å². The van der Waals surface area contributed by atoms with Gasteiger partial charge in [-0.2, -0.15) is 0 Å². The first-order valence-electron chi connectivity index (χ1n) is 7.77. The number of likely N-dealkylation sites (tertiary alicyclic amines) is 1. The number of rotatable bonds is 4. The van der Waals surface area contributed by atoms with E-state index in [1.807, 2.05) is 12.1 Å². The molecule has 0 radical (unpaired) electrons. The molecule has 0 aromatic heterocycles. The quantitative estimate of drug-likeness (QED) is 0.826. The molecule has 1 unspecified atom stereocenters. The van der Waals surface area contributed by atoms with Crippen molar-refractivity contribution in [1.82, 2.24) is 4.90 Å². The second kappa shape index (κ2) is 6.54. The topological polar surface area (TPSA) is 68.0 Å². The van der Waals surface area contributed by atoms with Crippen LogP contribution >= 0.6 is 0 Å². The van der Waals surface area contributed by atoms with Crippen molar-refractivity contribution < 1.29 is 14.6 Å². The van der Waals surface area contributed by atoms with Crippen molar-refractivity contribution in [3.8, 4) is 11.5 Å².